The van der Waals surface area contributed by atoms with Crippen LogP contribution in [0.2, 0.25) is 0 Å². The third-order valence-corrected chi connectivity index (χ3v) is 5.75. The second-order valence-electron chi connectivity index (χ2n) is 7.91. The average molecular weight is 459 g/mol. The van der Waals surface area contributed by atoms with Crippen LogP contribution in [0.5, 0.6) is 5.88 Å². The maximum absolute atomic E-state index is 14.6. The van der Waals surface area contributed by atoms with Crippen LogP contribution in [0.15, 0.2) is 48.8 Å². The molecular weight excluding hydrogens is 438 g/mol. The maximum atomic E-state index is 14.6. The Morgan fingerprint density at radius 3 is 2.48 bits per heavy atom. The molecular formula is C24H21F4N3O2. The topological polar surface area (TPSA) is 64.1 Å². The molecule has 0 atom stereocenters. The van der Waals surface area contributed by atoms with Crippen molar-refractivity contribution in [1.29, 1.82) is 0 Å². The number of nitrogens with one attached hydrogen (secondary N) is 1. The van der Waals surface area contributed by atoms with Crippen LogP contribution in [0.3, 0.4) is 0 Å². The lowest BCUT2D eigenvalue weighted by Crippen LogP contribution is -2.25. The van der Waals surface area contributed by atoms with Crippen LogP contribution in [-0.2, 0) is 0 Å². The molecule has 0 spiro atoms. The van der Waals surface area contributed by atoms with Gasteiger partial charge in [0.2, 0.25) is 11.8 Å². The smallest absolute Gasteiger partial charge is 0.255 e. The number of ether oxygens (including phenoxy) is 1. The Kier molecular flexibility index (Phi) is 6.31. The molecule has 0 unspecified atom stereocenters. The van der Waals surface area contributed by atoms with Gasteiger partial charge in [-0.1, -0.05) is 0 Å². The molecule has 33 heavy (non-hydrogen) atoms. The molecule has 9 heteroatoms. The van der Waals surface area contributed by atoms with Crippen molar-refractivity contribution in [3.8, 4) is 17.0 Å². The van der Waals surface area contributed by atoms with Crippen molar-refractivity contribution in [2.24, 2.45) is 0 Å². The van der Waals surface area contributed by atoms with Crippen molar-refractivity contribution in [3.63, 3.8) is 0 Å². The molecule has 5 nitrogen and oxygen atoms in total. The first-order valence-corrected chi connectivity index (χ1v) is 10.4. The van der Waals surface area contributed by atoms with Crippen LogP contribution in [0.1, 0.15) is 47.7 Å². The number of carbonyl (C=O) groups is 1. The summed E-state index contributed by atoms with van der Waals surface area (Å²) in [5, 5.41) is 2.75. The Bertz CT molecular complexity index is 1180. The summed E-state index contributed by atoms with van der Waals surface area (Å²) in [4.78, 5) is 21.4. The lowest BCUT2D eigenvalue weighted by Gasteiger charge is -2.29. The van der Waals surface area contributed by atoms with Gasteiger partial charge in [0.1, 0.15) is 11.6 Å². The highest BCUT2D eigenvalue weighted by Gasteiger charge is 2.37. The Morgan fingerprint density at radius 1 is 1.03 bits per heavy atom. The Labute approximate surface area is 187 Å². The number of alkyl halides is 2. The largest absolute Gasteiger partial charge is 0.481 e. The first-order valence-electron chi connectivity index (χ1n) is 10.4. The fourth-order valence-corrected chi connectivity index (χ4v) is 4.01. The minimum atomic E-state index is -2.75. The van der Waals surface area contributed by atoms with Crippen LogP contribution in [0.25, 0.3) is 11.1 Å². The third kappa shape index (κ3) is 4.97. The molecule has 0 bridgehead atoms. The fourth-order valence-electron chi connectivity index (χ4n) is 4.01. The molecule has 1 aliphatic carbocycles. The van der Waals surface area contributed by atoms with E-state index in [1.807, 2.05) is 0 Å². The minimum absolute atomic E-state index is 0.0672. The number of hydrogen-bond acceptors (Lipinski definition) is 4. The number of rotatable bonds is 5. The van der Waals surface area contributed by atoms with E-state index < -0.39 is 23.5 Å². The predicted octanol–water partition coefficient (Wildman–Crippen LogP) is 5.98. The molecule has 172 valence electrons. The quantitative estimate of drug-likeness (QED) is 0.477. The summed E-state index contributed by atoms with van der Waals surface area (Å²) in [7, 11) is 1.41. The van der Waals surface area contributed by atoms with E-state index in [2.05, 4.69) is 15.3 Å². The lowest BCUT2D eigenvalue weighted by molar-refractivity contribution is -0.0384. The van der Waals surface area contributed by atoms with Gasteiger partial charge in [-0.15, -0.1) is 0 Å². The molecule has 1 amide bonds. The fraction of sp³-hybridized carbons (Fsp3) is 0.292. The zero-order valence-electron chi connectivity index (χ0n) is 17.7. The standard InChI is InChI=1S/C24H21F4N3O2/c1-33-20-12-15(6-10-29-20)23(32)31-22-17(18-13-16(25)2-3-19(18)26)7-11-30-21(22)14-4-8-24(27,28)9-5-14/h2-3,6-7,10-14H,4-5,8-9H2,1H3,(H,31,32). The first kappa shape index (κ1) is 22.7. The monoisotopic (exact) mass is 459 g/mol. The number of pyridine rings is 2. The highest BCUT2D eigenvalue weighted by molar-refractivity contribution is 6.06. The summed E-state index contributed by atoms with van der Waals surface area (Å²) >= 11 is 0. The van der Waals surface area contributed by atoms with Gasteiger partial charge in [-0.25, -0.2) is 22.5 Å². The summed E-state index contributed by atoms with van der Waals surface area (Å²) in [6.07, 6.45) is 2.49. The van der Waals surface area contributed by atoms with Crippen LogP contribution < -0.4 is 10.1 Å². The molecule has 1 fully saturated rings. The van der Waals surface area contributed by atoms with E-state index in [0.29, 0.717) is 5.69 Å². The molecule has 1 aliphatic rings. The second-order valence-corrected chi connectivity index (χ2v) is 7.91. The molecule has 1 N–H and O–H groups in total. The zero-order valence-corrected chi connectivity index (χ0v) is 17.7. The molecule has 1 saturated carbocycles. The number of halogens is 4. The molecule has 0 saturated heterocycles. The van der Waals surface area contributed by atoms with Crippen molar-refractivity contribution < 1.29 is 27.1 Å². The molecule has 0 radical (unpaired) electrons. The second kappa shape index (κ2) is 9.17. The number of anilines is 1. The van der Waals surface area contributed by atoms with Crippen molar-refractivity contribution in [2.45, 2.75) is 37.5 Å². The van der Waals surface area contributed by atoms with E-state index in [4.69, 9.17) is 4.74 Å². The van der Waals surface area contributed by atoms with Gasteiger partial charge >= 0.3 is 0 Å². The minimum Gasteiger partial charge on any atom is -0.481 e. The van der Waals surface area contributed by atoms with E-state index in [1.54, 1.807) is 0 Å². The summed E-state index contributed by atoms with van der Waals surface area (Å²) < 4.78 is 61.1. The molecule has 3 aromatic rings. The van der Waals surface area contributed by atoms with Gasteiger partial charge < -0.3 is 10.1 Å². The van der Waals surface area contributed by atoms with Gasteiger partial charge in [0.15, 0.2) is 0 Å². The predicted molar refractivity (Wildman–Crippen MR) is 114 cm³/mol. The van der Waals surface area contributed by atoms with Crippen LogP contribution in [0.4, 0.5) is 23.2 Å². The molecule has 2 aromatic heterocycles. The van der Waals surface area contributed by atoms with Gasteiger partial charge in [0.05, 0.1) is 18.5 Å². The number of methoxy groups -OCH3 is 1. The number of amides is 1. The highest BCUT2D eigenvalue weighted by Crippen LogP contribution is 2.44. The van der Waals surface area contributed by atoms with Gasteiger partial charge in [0, 0.05) is 53.9 Å². The van der Waals surface area contributed by atoms with Gasteiger partial charge in [0.25, 0.3) is 5.91 Å². The summed E-state index contributed by atoms with van der Waals surface area (Å²) in [5.74, 6) is -4.80. The Hall–Kier alpha value is -3.49. The van der Waals surface area contributed by atoms with E-state index in [9.17, 15) is 22.4 Å². The number of nitrogens with zero attached hydrogens (tertiary/aromatic N) is 2. The lowest BCUT2D eigenvalue weighted by atomic mass is 9.83. The number of aromatic nitrogens is 2. The SMILES string of the molecule is COc1cc(C(=O)Nc2c(-c3cc(F)ccc3F)ccnc2C2CCC(F)(F)CC2)ccn1. The highest BCUT2D eigenvalue weighted by atomic mass is 19.3. The van der Waals surface area contributed by atoms with Crippen LogP contribution >= 0.6 is 0 Å². The number of benzene rings is 1. The van der Waals surface area contributed by atoms with Crippen molar-refractivity contribution >= 4 is 11.6 Å². The molecule has 4 rings (SSSR count). The van der Waals surface area contributed by atoms with E-state index >= 15 is 0 Å². The molecule has 2 heterocycles. The van der Waals surface area contributed by atoms with E-state index in [-0.39, 0.29) is 59.9 Å². The van der Waals surface area contributed by atoms with Gasteiger partial charge in [-0.05, 0) is 43.2 Å². The van der Waals surface area contributed by atoms with Crippen molar-refractivity contribution in [3.05, 3.63) is 71.7 Å². The number of hydrogen-bond donors (Lipinski definition) is 1. The third-order valence-electron chi connectivity index (χ3n) is 5.75. The summed E-state index contributed by atoms with van der Waals surface area (Å²) in [6.45, 7) is 0. The number of carbonyl (C=O) groups excluding carboxylic acids is 1. The summed E-state index contributed by atoms with van der Waals surface area (Å²) in [6, 6.07) is 7.36. The molecule has 1 aromatic carbocycles. The van der Waals surface area contributed by atoms with Crippen LogP contribution in [0, 0.1) is 11.6 Å². The molecule has 0 aliphatic heterocycles. The first-order chi connectivity index (χ1) is 15.8. The van der Waals surface area contributed by atoms with Gasteiger partial charge in [-0.3, -0.25) is 9.78 Å². The van der Waals surface area contributed by atoms with Crippen molar-refractivity contribution in [2.75, 3.05) is 12.4 Å². The zero-order chi connectivity index (χ0) is 23.6. The average Bonchev–Trinajstić information content (AvgIpc) is 2.81. The Balaban J connectivity index is 1.79. The van der Waals surface area contributed by atoms with Crippen LogP contribution in [-0.4, -0.2) is 28.9 Å². The van der Waals surface area contributed by atoms with E-state index in [0.717, 1.165) is 18.2 Å². The Morgan fingerprint density at radius 2 is 1.76 bits per heavy atom. The maximum Gasteiger partial charge on any atom is 0.255 e. The normalized spacial score (nSPS) is 15.8. The summed E-state index contributed by atoms with van der Waals surface area (Å²) in [5.41, 5.74) is 0.891. The van der Waals surface area contributed by atoms with Gasteiger partial charge in [-0.2, -0.15) is 0 Å². The van der Waals surface area contributed by atoms with Crippen molar-refractivity contribution in [1.82, 2.24) is 9.97 Å². The van der Waals surface area contributed by atoms with E-state index in [1.165, 1.54) is 37.7 Å².